The molecule has 0 spiro atoms. The number of hydrogen-bond acceptors (Lipinski definition) is 3. The molecule has 0 radical (unpaired) electrons. The first kappa shape index (κ1) is 13.9. The number of carbonyl (C=O) groups excluding carboxylic acids is 1. The number of amides is 1. The van der Waals surface area contributed by atoms with Gasteiger partial charge < -0.3 is 10.4 Å². The van der Waals surface area contributed by atoms with Crippen LogP contribution in [-0.4, -0.2) is 23.2 Å². The Morgan fingerprint density at radius 2 is 2.13 bits per heavy atom. The van der Waals surface area contributed by atoms with Crippen molar-refractivity contribution < 1.29 is 9.90 Å². The molecule has 0 aliphatic heterocycles. The Morgan fingerprint density at radius 1 is 1.53 bits per heavy atom. The Bertz CT molecular complexity index is 233. The number of rotatable bonds is 6. The molecule has 0 fully saturated rings. The molecule has 86 valence electrons. The second-order valence-electron chi connectivity index (χ2n) is 3.96. The summed E-state index contributed by atoms with van der Waals surface area (Å²) in [5, 5.41) is 20.6. The lowest BCUT2D eigenvalue weighted by atomic mass is 10.0. The molecule has 0 aliphatic carbocycles. The summed E-state index contributed by atoms with van der Waals surface area (Å²) in [6.07, 6.45) is 1.47. The van der Waals surface area contributed by atoms with Crippen LogP contribution in [0.4, 0.5) is 0 Å². The fourth-order valence-corrected chi connectivity index (χ4v) is 1.46. The highest BCUT2D eigenvalue weighted by Crippen LogP contribution is 2.06. The molecule has 3 atom stereocenters. The minimum absolute atomic E-state index is 0.0924. The van der Waals surface area contributed by atoms with Crippen molar-refractivity contribution in [1.29, 1.82) is 5.26 Å². The van der Waals surface area contributed by atoms with E-state index in [0.717, 1.165) is 6.42 Å². The van der Waals surface area contributed by atoms with Crippen molar-refractivity contribution in [3.63, 3.8) is 0 Å². The Balaban J connectivity index is 4.05. The Labute approximate surface area is 91.3 Å². The van der Waals surface area contributed by atoms with E-state index in [1.54, 1.807) is 6.92 Å². The Hall–Kier alpha value is -1.08. The highest BCUT2D eigenvalue weighted by molar-refractivity contribution is 5.81. The zero-order valence-corrected chi connectivity index (χ0v) is 9.66. The van der Waals surface area contributed by atoms with Crippen molar-refractivity contribution in [2.45, 2.75) is 52.2 Å². The maximum Gasteiger partial charge on any atom is 0.237 e. The number of nitriles is 1. The molecule has 4 nitrogen and oxygen atoms in total. The smallest absolute Gasteiger partial charge is 0.237 e. The molecule has 0 rings (SSSR count). The van der Waals surface area contributed by atoms with E-state index in [2.05, 4.69) is 5.32 Å². The van der Waals surface area contributed by atoms with Gasteiger partial charge in [-0.15, -0.1) is 0 Å². The molecule has 4 heteroatoms. The second kappa shape index (κ2) is 7.24. The molecule has 0 aromatic rings. The minimum atomic E-state index is -0.563. The third-order valence-electron chi connectivity index (χ3n) is 2.13. The van der Waals surface area contributed by atoms with Crippen molar-refractivity contribution in [2.24, 2.45) is 5.92 Å². The Morgan fingerprint density at radius 3 is 2.53 bits per heavy atom. The monoisotopic (exact) mass is 212 g/mol. The largest absolute Gasteiger partial charge is 0.393 e. The van der Waals surface area contributed by atoms with E-state index in [4.69, 9.17) is 10.4 Å². The molecule has 1 amide bonds. The van der Waals surface area contributed by atoms with Gasteiger partial charge in [-0.3, -0.25) is 4.79 Å². The Kier molecular flexibility index (Phi) is 6.72. The lowest BCUT2D eigenvalue weighted by Crippen LogP contribution is -2.38. The van der Waals surface area contributed by atoms with Crippen LogP contribution in [0.25, 0.3) is 0 Å². The number of hydrogen-bond donors (Lipinski definition) is 2. The second-order valence-corrected chi connectivity index (χ2v) is 3.96. The van der Waals surface area contributed by atoms with Crippen LogP contribution in [0.5, 0.6) is 0 Å². The topological polar surface area (TPSA) is 73.1 Å². The predicted octanol–water partition coefficient (Wildman–Crippen LogP) is 1.20. The van der Waals surface area contributed by atoms with Crippen LogP contribution >= 0.6 is 0 Å². The zero-order chi connectivity index (χ0) is 11.8. The lowest BCUT2D eigenvalue weighted by Gasteiger charge is -2.17. The number of carbonyl (C=O) groups is 1. The van der Waals surface area contributed by atoms with E-state index in [9.17, 15) is 4.79 Å². The summed E-state index contributed by atoms with van der Waals surface area (Å²) < 4.78 is 0. The van der Waals surface area contributed by atoms with E-state index in [-0.39, 0.29) is 11.9 Å². The SMILES string of the molecule is CCCC(C#N)C(=O)NC(C)CC(C)O. The summed E-state index contributed by atoms with van der Waals surface area (Å²) in [7, 11) is 0. The van der Waals surface area contributed by atoms with Gasteiger partial charge >= 0.3 is 0 Å². The molecule has 0 saturated carbocycles. The van der Waals surface area contributed by atoms with Gasteiger partial charge in [0.25, 0.3) is 0 Å². The van der Waals surface area contributed by atoms with Crippen LogP contribution in [0.3, 0.4) is 0 Å². The van der Waals surface area contributed by atoms with E-state index in [0.29, 0.717) is 12.8 Å². The van der Waals surface area contributed by atoms with Gasteiger partial charge in [0, 0.05) is 6.04 Å². The summed E-state index contributed by atoms with van der Waals surface area (Å²) in [5.74, 6) is -0.793. The van der Waals surface area contributed by atoms with Crippen molar-refractivity contribution in [3.05, 3.63) is 0 Å². The molecule has 0 saturated heterocycles. The maximum absolute atomic E-state index is 11.5. The van der Waals surface area contributed by atoms with Crippen LogP contribution < -0.4 is 5.32 Å². The van der Waals surface area contributed by atoms with Crippen LogP contribution in [-0.2, 0) is 4.79 Å². The van der Waals surface area contributed by atoms with Gasteiger partial charge in [0.1, 0.15) is 5.92 Å². The molecule has 3 unspecified atom stereocenters. The molecule has 0 aromatic heterocycles. The summed E-state index contributed by atoms with van der Waals surface area (Å²) in [4.78, 5) is 11.5. The van der Waals surface area contributed by atoms with E-state index in [1.807, 2.05) is 19.9 Å². The molecule has 0 aliphatic rings. The maximum atomic E-state index is 11.5. The highest BCUT2D eigenvalue weighted by Gasteiger charge is 2.18. The fourth-order valence-electron chi connectivity index (χ4n) is 1.46. The van der Waals surface area contributed by atoms with Crippen molar-refractivity contribution >= 4 is 5.91 Å². The summed E-state index contributed by atoms with van der Waals surface area (Å²) >= 11 is 0. The van der Waals surface area contributed by atoms with Crippen LogP contribution in [0.2, 0.25) is 0 Å². The van der Waals surface area contributed by atoms with Gasteiger partial charge in [-0.05, 0) is 26.7 Å². The average molecular weight is 212 g/mol. The molecule has 15 heavy (non-hydrogen) atoms. The molecular weight excluding hydrogens is 192 g/mol. The third kappa shape index (κ3) is 6.08. The van der Waals surface area contributed by atoms with Crippen molar-refractivity contribution in [2.75, 3.05) is 0 Å². The van der Waals surface area contributed by atoms with Gasteiger partial charge in [-0.2, -0.15) is 5.26 Å². The van der Waals surface area contributed by atoms with Gasteiger partial charge in [0.05, 0.1) is 12.2 Å². The van der Waals surface area contributed by atoms with Gasteiger partial charge in [0.15, 0.2) is 0 Å². The van der Waals surface area contributed by atoms with E-state index in [1.165, 1.54) is 0 Å². The third-order valence-corrected chi connectivity index (χ3v) is 2.13. The van der Waals surface area contributed by atoms with Crippen LogP contribution in [0.15, 0.2) is 0 Å². The van der Waals surface area contributed by atoms with Gasteiger partial charge in [-0.25, -0.2) is 0 Å². The zero-order valence-electron chi connectivity index (χ0n) is 9.66. The standard InChI is InChI=1S/C11H20N2O2/c1-4-5-10(7-12)11(15)13-8(2)6-9(3)14/h8-10,14H,4-6H2,1-3H3,(H,13,15). The quantitative estimate of drug-likeness (QED) is 0.695. The number of aliphatic hydroxyl groups is 1. The molecular formula is C11H20N2O2. The number of aliphatic hydroxyl groups excluding tert-OH is 1. The lowest BCUT2D eigenvalue weighted by molar-refractivity contribution is -0.124. The summed E-state index contributed by atoms with van der Waals surface area (Å²) in [5.41, 5.74) is 0. The fraction of sp³-hybridized carbons (Fsp3) is 0.818. The van der Waals surface area contributed by atoms with Gasteiger partial charge in [0.2, 0.25) is 5.91 Å². The average Bonchev–Trinajstić information content (AvgIpc) is 2.12. The highest BCUT2D eigenvalue weighted by atomic mass is 16.3. The van der Waals surface area contributed by atoms with Crippen LogP contribution in [0, 0.1) is 17.2 Å². The molecule has 0 heterocycles. The number of nitrogens with one attached hydrogen (secondary N) is 1. The summed E-state index contributed by atoms with van der Waals surface area (Å²) in [6.45, 7) is 5.44. The van der Waals surface area contributed by atoms with E-state index < -0.39 is 12.0 Å². The number of nitrogens with zero attached hydrogens (tertiary/aromatic N) is 1. The van der Waals surface area contributed by atoms with Gasteiger partial charge in [-0.1, -0.05) is 13.3 Å². The summed E-state index contributed by atoms with van der Waals surface area (Å²) in [6, 6.07) is 1.89. The molecule has 0 aromatic carbocycles. The van der Waals surface area contributed by atoms with Crippen molar-refractivity contribution in [3.8, 4) is 6.07 Å². The predicted molar refractivity (Wildman–Crippen MR) is 57.9 cm³/mol. The van der Waals surface area contributed by atoms with Crippen LogP contribution in [0.1, 0.15) is 40.0 Å². The normalized spacial score (nSPS) is 16.2. The first-order chi connectivity index (χ1) is 7.01. The van der Waals surface area contributed by atoms with E-state index >= 15 is 0 Å². The van der Waals surface area contributed by atoms with Crippen molar-refractivity contribution in [1.82, 2.24) is 5.32 Å². The minimum Gasteiger partial charge on any atom is -0.393 e. The first-order valence-corrected chi connectivity index (χ1v) is 5.39. The first-order valence-electron chi connectivity index (χ1n) is 5.39. The molecule has 0 bridgehead atoms. The molecule has 2 N–H and O–H groups in total.